The zero-order valence-electron chi connectivity index (χ0n) is 13.8. The molecule has 0 amide bonds. The van der Waals surface area contributed by atoms with Crippen molar-refractivity contribution in [1.82, 2.24) is 9.88 Å². The van der Waals surface area contributed by atoms with Gasteiger partial charge in [0.05, 0.1) is 0 Å². The van der Waals surface area contributed by atoms with Crippen molar-refractivity contribution in [3.05, 3.63) is 35.0 Å². The quantitative estimate of drug-likeness (QED) is 0.829. The molecule has 0 aliphatic carbocycles. The Balaban J connectivity index is 2.16. The highest BCUT2D eigenvalue weighted by atomic mass is 14.9. The fraction of sp³-hybridized carbons (Fsp3) is 0.556. The van der Waals surface area contributed by atoms with Gasteiger partial charge in [0, 0.05) is 29.2 Å². The van der Waals surface area contributed by atoms with Crippen LogP contribution in [-0.2, 0) is 13.5 Å². The summed E-state index contributed by atoms with van der Waals surface area (Å²) in [7, 11) is 2.17. The summed E-state index contributed by atoms with van der Waals surface area (Å²) in [5.74, 6) is 0. The van der Waals surface area contributed by atoms with E-state index in [1.807, 2.05) is 0 Å². The van der Waals surface area contributed by atoms with Crippen LogP contribution in [0.5, 0.6) is 0 Å². The Bertz CT molecular complexity index is 600. The van der Waals surface area contributed by atoms with Gasteiger partial charge in [-0.1, -0.05) is 12.1 Å². The van der Waals surface area contributed by atoms with Gasteiger partial charge >= 0.3 is 0 Å². The monoisotopic (exact) mass is 272 g/mol. The van der Waals surface area contributed by atoms with Crippen molar-refractivity contribution in [3.8, 4) is 0 Å². The Kier molecular flexibility index (Phi) is 4.24. The largest absolute Gasteiger partial charge is 0.348 e. The normalized spacial score (nSPS) is 12.3. The highest BCUT2D eigenvalue weighted by molar-refractivity contribution is 5.86. The smallest absolute Gasteiger partial charge is 0.0485 e. The van der Waals surface area contributed by atoms with Crippen LogP contribution in [0.25, 0.3) is 10.9 Å². The third-order valence-electron chi connectivity index (χ3n) is 4.04. The van der Waals surface area contributed by atoms with Crippen LogP contribution in [0.3, 0.4) is 0 Å². The lowest BCUT2D eigenvalue weighted by Crippen LogP contribution is -2.36. The number of nitrogens with zero attached hydrogens (tertiary/aromatic N) is 1. The van der Waals surface area contributed by atoms with E-state index in [0.717, 1.165) is 13.0 Å². The number of aryl methyl sites for hydroxylation is 3. The van der Waals surface area contributed by atoms with Crippen molar-refractivity contribution in [2.45, 2.75) is 53.0 Å². The van der Waals surface area contributed by atoms with Crippen molar-refractivity contribution < 1.29 is 0 Å². The first-order valence-electron chi connectivity index (χ1n) is 7.59. The van der Waals surface area contributed by atoms with Gasteiger partial charge in [-0.2, -0.15) is 0 Å². The van der Waals surface area contributed by atoms with Gasteiger partial charge in [0.2, 0.25) is 0 Å². The van der Waals surface area contributed by atoms with Crippen molar-refractivity contribution in [1.29, 1.82) is 0 Å². The molecule has 0 fully saturated rings. The van der Waals surface area contributed by atoms with Crippen molar-refractivity contribution in [2.24, 2.45) is 7.05 Å². The van der Waals surface area contributed by atoms with E-state index < -0.39 is 0 Å². The molecule has 1 aromatic carbocycles. The topological polar surface area (TPSA) is 17.0 Å². The van der Waals surface area contributed by atoms with Crippen LogP contribution in [0.1, 0.15) is 44.0 Å². The van der Waals surface area contributed by atoms with Crippen LogP contribution >= 0.6 is 0 Å². The molecule has 110 valence electrons. The number of benzene rings is 1. The molecule has 0 spiro atoms. The summed E-state index contributed by atoms with van der Waals surface area (Å²) in [5.41, 5.74) is 5.82. The Morgan fingerprint density at radius 2 is 1.85 bits per heavy atom. The van der Waals surface area contributed by atoms with Gasteiger partial charge in [-0.3, -0.25) is 0 Å². The maximum absolute atomic E-state index is 3.57. The van der Waals surface area contributed by atoms with E-state index in [0.29, 0.717) is 0 Å². The third kappa shape index (κ3) is 3.24. The third-order valence-corrected chi connectivity index (χ3v) is 4.04. The van der Waals surface area contributed by atoms with Gasteiger partial charge in [-0.25, -0.2) is 0 Å². The van der Waals surface area contributed by atoms with Gasteiger partial charge < -0.3 is 9.88 Å². The van der Waals surface area contributed by atoms with Crippen LogP contribution in [0.15, 0.2) is 18.2 Å². The second kappa shape index (κ2) is 5.61. The van der Waals surface area contributed by atoms with Crippen LogP contribution in [0, 0.1) is 13.8 Å². The molecule has 1 aromatic heterocycles. The number of aromatic nitrogens is 1. The minimum absolute atomic E-state index is 0.213. The molecule has 2 nitrogen and oxygen atoms in total. The lowest BCUT2D eigenvalue weighted by molar-refractivity contribution is 0.422. The van der Waals surface area contributed by atoms with Crippen LogP contribution in [0.4, 0.5) is 0 Å². The summed E-state index contributed by atoms with van der Waals surface area (Å²) >= 11 is 0. The van der Waals surface area contributed by atoms with Crippen LogP contribution in [-0.4, -0.2) is 16.7 Å². The van der Waals surface area contributed by atoms with Gasteiger partial charge in [0.1, 0.15) is 0 Å². The zero-order chi connectivity index (χ0) is 14.9. The summed E-state index contributed by atoms with van der Waals surface area (Å²) in [6.07, 6.45) is 2.33. The van der Waals surface area contributed by atoms with Crippen LogP contribution < -0.4 is 5.32 Å². The fourth-order valence-corrected chi connectivity index (χ4v) is 2.80. The predicted molar refractivity (Wildman–Crippen MR) is 88.5 cm³/mol. The lowest BCUT2D eigenvalue weighted by atomic mass is 10.0. The van der Waals surface area contributed by atoms with E-state index in [2.05, 4.69) is 69.7 Å². The highest BCUT2D eigenvalue weighted by Crippen LogP contribution is 2.26. The highest BCUT2D eigenvalue weighted by Gasteiger charge is 2.12. The van der Waals surface area contributed by atoms with Crippen molar-refractivity contribution >= 4 is 10.9 Å². The molecule has 0 aliphatic heterocycles. The number of fused-ring (bicyclic) bond motifs is 1. The summed E-state index contributed by atoms with van der Waals surface area (Å²) in [6.45, 7) is 12.1. The fourth-order valence-electron chi connectivity index (χ4n) is 2.80. The maximum Gasteiger partial charge on any atom is 0.0485 e. The SMILES string of the molecule is Cc1ccc2c(CCCNC(C)(C)C)c(C)n(C)c2c1. The number of rotatable bonds is 4. The Morgan fingerprint density at radius 3 is 2.50 bits per heavy atom. The van der Waals surface area contributed by atoms with Gasteiger partial charge in [-0.15, -0.1) is 0 Å². The molecule has 0 aliphatic rings. The van der Waals surface area contributed by atoms with Crippen molar-refractivity contribution in [2.75, 3.05) is 6.54 Å². The predicted octanol–water partition coefficient (Wildman–Crippen LogP) is 4.12. The second-order valence-electron chi connectivity index (χ2n) is 6.92. The molecular formula is C18H28N2. The molecule has 0 radical (unpaired) electrons. The maximum atomic E-state index is 3.57. The van der Waals surface area contributed by atoms with E-state index in [9.17, 15) is 0 Å². The molecule has 0 unspecified atom stereocenters. The molecule has 0 bridgehead atoms. The summed E-state index contributed by atoms with van der Waals surface area (Å²) in [6, 6.07) is 6.79. The average Bonchev–Trinajstić information content (AvgIpc) is 2.58. The minimum Gasteiger partial charge on any atom is -0.348 e. The summed E-state index contributed by atoms with van der Waals surface area (Å²) in [4.78, 5) is 0. The van der Waals surface area contributed by atoms with E-state index in [4.69, 9.17) is 0 Å². The number of hydrogen-bond acceptors (Lipinski definition) is 1. The standard InChI is InChI=1S/C18H28N2/c1-13-9-10-16-15(8-7-11-19-18(3,4)5)14(2)20(6)17(16)12-13/h9-10,12,19H,7-8,11H2,1-6H3. The first-order valence-corrected chi connectivity index (χ1v) is 7.59. The van der Waals surface area contributed by atoms with Crippen molar-refractivity contribution in [3.63, 3.8) is 0 Å². The first kappa shape index (κ1) is 15.1. The molecule has 0 saturated heterocycles. The summed E-state index contributed by atoms with van der Waals surface area (Å²) < 4.78 is 2.33. The average molecular weight is 272 g/mol. The number of hydrogen-bond donors (Lipinski definition) is 1. The van der Waals surface area contributed by atoms with Crippen LogP contribution in [0.2, 0.25) is 0 Å². The first-order chi connectivity index (χ1) is 9.29. The van der Waals surface area contributed by atoms with Gasteiger partial charge in [0.15, 0.2) is 0 Å². The molecule has 2 heteroatoms. The van der Waals surface area contributed by atoms with Gasteiger partial charge in [0.25, 0.3) is 0 Å². The van der Waals surface area contributed by atoms with E-state index >= 15 is 0 Å². The van der Waals surface area contributed by atoms with E-state index in [1.165, 1.54) is 34.1 Å². The molecule has 1 heterocycles. The Hall–Kier alpha value is -1.28. The molecule has 0 atom stereocenters. The Labute approximate surface area is 123 Å². The van der Waals surface area contributed by atoms with Gasteiger partial charge in [-0.05, 0) is 71.2 Å². The van der Waals surface area contributed by atoms with E-state index in [1.54, 1.807) is 0 Å². The molecule has 0 saturated carbocycles. The molecule has 2 aromatic rings. The molecular weight excluding hydrogens is 244 g/mol. The molecule has 1 N–H and O–H groups in total. The number of nitrogens with one attached hydrogen (secondary N) is 1. The minimum atomic E-state index is 0.213. The van der Waals surface area contributed by atoms with E-state index in [-0.39, 0.29) is 5.54 Å². The second-order valence-corrected chi connectivity index (χ2v) is 6.92. The Morgan fingerprint density at radius 1 is 1.15 bits per heavy atom. The lowest BCUT2D eigenvalue weighted by Gasteiger charge is -2.20. The molecule has 20 heavy (non-hydrogen) atoms. The summed E-state index contributed by atoms with van der Waals surface area (Å²) in [5, 5.41) is 4.99. The molecule has 2 rings (SSSR count). The zero-order valence-corrected chi connectivity index (χ0v) is 13.8.